The number of carbonyl (C=O) groups is 1. The summed E-state index contributed by atoms with van der Waals surface area (Å²) in [6.07, 6.45) is 1.99. The van der Waals surface area contributed by atoms with Gasteiger partial charge >= 0.3 is 0 Å². The van der Waals surface area contributed by atoms with E-state index in [4.69, 9.17) is 0 Å². The first-order chi connectivity index (χ1) is 14.0. The Morgan fingerprint density at radius 2 is 2.00 bits per heavy atom. The number of H-pyrrole nitrogens is 1. The highest BCUT2D eigenvalue weighted by molar-refractivity contribution is 7.99. The van der Waals surface area contributed by atoms with Gasteiger partial charge in [0.05, 0.1) is 5.75 Å². The molecule has 0 radical (unpaired) electrons. The van der Waals surface area contributed by atoms with E-state index in [9.17, 15) is 9.18 Å². The minimum absolute atomic E-state index is 0.182. The highest BCUT2D eigenvalue weighted by atomic mass is 32.2. The van der Waals surface area contributed by atoms with Gasteiger partial charge in [-0.25, -0.2) is 4.39 Å². The number of aryl methyl sites for hydroxylation is 1. The number of hydrogen-bond donors (Lipinski definition) is 2. The lowest BCUT2D eigenvalue weighted by Gasteiger charge is -2.08. The molecule has 2 aromatic carbocycles. The highest BCUT2D eigenvalue weighted by Gasteiger charge is 2.15. The van der Waals surface area contributed by atoms with Crippen molar-refractivity contribution in [2.45, 2.75) is 25.5 Å². The van der Waals surface area contributed by atoms with Crippen LogP contribution in [0.15, 0.2) is 53.8 Å². The Hall–Kier alpha value is -3.13. The summed E-state index contributed by atoms with van der Waals surface area (Å²) >= 11 is 1.32. The summed E-state index contributed by atoms with van der Waals surface area (Å²) in [4.78, 5) is 15.5. The number of aromatic amines is 1. The summed E-state index contributed by atoms with van der Waals surface area (Å²) < 4.78 is 15.0. The van der Waals surface area contributed by atoms with Crippen molar-refractivity contribution >= 4 is 34.3 Å². The van der Waals surface area contributed by atoms with Crippen molar-refractivity contribution < 1.29 is 9.18 Å². The van der Waals surface area contributed by atoms with Crippen LogP contribution in [-0.4, -0.2) is 31.4 Å². The van der Waals surface area contributed by atoms with Crippen molar-refractivity contribution in [1.29, 1.82) is 0 Å². The molecule has 0 unspecified atom stereocenters. The van der Waals surface area contributed by atoms with Gasteiger partial charge in [0.2, 0.25) is 5.91 Å². The predicted octanol–water partition coefficient (Wildman–Crippen LogP) is 4.62. The molecule has 0 aliphatic heterocycles. The number of hydrogen-bond acceptors (Lipinski definition) is 4. The van der Waals surface area contributed by atoms with Crippen molar-refractivity contribution in [3.63, 3.8) is 0 Å². The Morgan fingerprint density at radius 3 is 2.76 bits per heavy atom. The Balaban J connectivity index is 1.50. The molecule has 148 valence electrons. The molecule has 29 heavy (non-hydrogen) atoms. The molecular weight excluding hydrogens is 389 g/mol. The fraction of sp³-hybridized carbons (Fsp3) is 0.190. The predicted molar refractivity (Wildman–Crippen MR) is 113 cm³/mol. The van der Waals surface area contributed by atoms with Crippen molar-refractivity contribution in [1.82, 2.24) is 19.7 Å². The maximum absolute atomic E-state index is 13.0. The molecular formula is C21H20FN5OS. The molecule has 1 amide bonds. The van der Waals surface area contributed by atoms with Crippen LogP contribution >= 0.6 is 11.8 Å². The van der Waals surface area contributed by atoms with Gasteiger partial charge in [-0.15, -0.1) is 10.2 Å². The summed E-state index contributed by atoms with van der Waals surface area (Å²) in [5, 5.41) is 13.2. The van der Waals surface area contributed by atoms with Crippen LogP contribution in [0.2, 0.25) is 0 Å². The summed E-state index contributed by atoms with van der Waals surface area (Å²) in [6, 6.07) is 11.8. The Labute approximate surface area is 171 Å². The second-order valence-corrected chi connectivity index (χ2v) is 7.57. The molecule has 0 saturated carbocycles. The molecule has 8 heteroatoms. The van der Waals surface area contributed by atoms with E-state index < -0.39 is 0 Å². The lowest BCUT2D eigenvalue weighted by Crippen LogP contribution is -2.14. The largest absolute Gasteiger partial charge is 0.361 e. The van der Waals surface area contributed by atoms with E-state index in [1.807, 2.05) is 29.8 Å². The molecule has 0 aliphatic rings. The molecule has 4 rings (SSSR count). The van der Waals surface area contributed by atoms with Gasteiger partial charge in [0.25, 0.3) is 0 Å². The van der Waals surface area contributed by atoms with Gasteiger partial charge in [0, 0.05) is 34.9 Å². The maximum atomic E-state index is 13.0. The number of nitrogens with one attached hydrogen (secondary N) is 2. The minimum Gasteiger partial charge on any atom is -0.361 e. The van der Waals surface area contributed by atoms with Gasteiger partial charge in [-0.2, -0.15) is 0 Å². The molecule has 0 saturated heterocycles. The molecule has 4 aromatic rings. The third-order valence-corrected chi connectivity index (χ3v) is 5.61. The van der Waals surface area contributed by atoms with E-state index in [1.165, 1.54) is 41.6 Å². The number of rotatable bonds is 6. The van der Waals surface area contributed by atoms with E-state index in [2.05, 4.69) is 33.5 Å². The number of halogens is 1. The van der Waals surface area contributed by atoms with Gasteiger partial charge in [0.15, 0.2) is 11.0 Å². The molecule has 0 fully saturated rings. The highest BCUT2D eigenvalue weighted by Crippen LogP contribution is 2.28. The van der Waals surface area contributed by atoms with Gasteiger partial charge in [-0.3, -0.25) is 4.79 Å². The molecule has 2 aromatic heterocycles. The first kappa shape index (κ1) is 19.2. The van der Waals surface area contributed by atoms with E-state index in [0.29, 0.717) is 17.4 Å². The third-order valence-electron chi connectivity index (χ3n) is 4.64. The Bertz CT molecular complexity index is 1170. The second kappa shape index (κ2) is 8.08. The molecule has 0 atom stereocenters. The molecule has 0 bridgehead atoms. The summed E-state index contributed by atoms with van der Waals surface area (Å²) in [7, 11) is 0. The number of thioether (sulfide) groups is 1. The Morgan fingerprint density at radius 1 is 1.21 bits per heavy atom. The standard InChI is InChI=1S/C21H20FN5OS/c1-3-27-20(14-4-9-18-17(10-14)13(2)11-23-18)25-26-21(27)29-12-19(28)24-16-7-5-15(22)6-8-16/h4-11,23H,3,12H2,1-2H3,(H,24,28). The molecule has 6 nitrogen and oxygen atoms in total. The van der Waals surface area contributed by atoms with Gasteiger partial charge in [-0.1, -0.05) is 11.8 Å². The summed E-state index contributed by atoms with van der Waals surface area (Å²) in [5.41, 5.74) is 3.80. The van der Waals surface area contributed by atoms with Crippen LogP contribution in [0.25, 0.3) is 22.3 Å². The fourth-order valence-electron chi connectivity index (χ4n) is 3.15. The molecule has 2 heterocycles. The summed E-state index contributed by atoms with van der Waals surface area (Å²) in [6.45, 7) is 4.78. The third kappa shape index (κ3) is 4.02. The average molecular weight is 409 g/mol. The first-order valence-electron chi connectivity index (χ1n) is 9.24. The van der Waals surface area contributed by atoms with Crippen LogP contribution in [-0.2, 0) is 11.3 Å². The zero-order chi connectivity index (χ0) is 20.4. The van der Waals surface area contributed by atoms with Crippen molar-refractivity contribution in [3.05, 3.63) is 60.0 Å². The van der Waals surface area contributed by atoms with Gasteiger partial charge < -0.3 is 14.9 Å². The topological polar surface area (TPSA) is 75.6 Å². The zero-order valence-corrected chi connectivity index (χ0v) is 16.9. The van der Waals surface area contributed by atoms with Crippen molar-refractivity contribution in [3.8, 4) is 11.4 Å². The normalized spacial score (nSPS) is 11.1. The lowest BCUT2D eigenvalue weighted by atomic mass is 10.1. The van der Waals surface area contributed by atoms with Crippen LogP contribution in [0.5, 0.6) is 0 Å². The average Bonchev–Trinajstić information content (AvgIpc) is 3.31. The van der Waals surface area contributed by atoms with Crippen LogP contribution in [0.4, 0.5) is 10.1 Å². The number of fused-ring (bicyclic) bond motifs is 1. The van der Waals surface area contributed by atoms with Gasteiger partial charge in [-0.05, 0) is 61.9 Å². The summed E-state index contributed by atoms with van der Waals surface area (Å²) in [5.74, 6) is 0.439. The monoisotopic (exact) mass is 409 g/mol. The van der Waals surface area contributed by atoms with Crippen LogP contribution < -0.4 is 5.32 Å². The lowest BCUT2D eigenvalue weighted by molar-refractivity contribution is -0.113. The maximum Gasteiger partial charge on any atom is 0.234 e. The molecule has 2 N–H and O–H groups in total. The molecule has 0 spiro atoms. The Kier molecular flexibility index (Phi) is 5.35. The fourth-order valence-corrected chi connectivity index (χ4v) is 3.96. The van der Waals surface area contributed by atoms with Crippen LogP contribution in [0.3, 0.4) is 0 Å². The van der Waals surface area contributed by atoms with Crippen molar-refractivity contribution in [2.75, 3.05) is 11.1 Å². The number of anilines is 1. The van der Waals surface area contributed by atoms with Gasteiger partial charge in [0.1, 0.15) is 5.82 Å². The SMILES string of the molecule is CCn1c(SCC(=O)Nc2ccc(F)cc2)nnc1-c1ccc2[nH]cc(C)c2c1. The number of aromatic nitrogens is 4. The number of amides is 1. The smallest absolute Gasteiger partial charge is 0.234 e. The second-order valence-electron chi connectivity index (χ2n) is 6.63. The molecule has 0 aliphatic carbocycles. The van der Waals surface area contributed by atoms with Crippen molar-refractivity contribution in [2.24, 2.45) is 0 Å². The van der Waals surface area contributed by atoms with E-state index in [1.54, 1.807) is 0 Å². The first-order valence-corrected chi connectivity index (χ1v) is 10.2. The van der Waals surface area contributed by atoms with Crippen LogP contribution in [0, 0.1) is 12.7 Å². The van der Waals surface area contributed by atoms with E-state index in [-0.39, 0.29) is 17.5 Å². The van der Waals surface area contributed by atoms with E-state index >= 15 is 0 Å². The quantitative estimate of drug-likeness (QED) is 0.456. The number of nitrogens with zero attached hydrogens (tertiary/aromatic N) is 3. The van der Waals surface area contributed by atoms with Crippen LogP contribution in [0.1, 0.15) is 12.5 Å². The van der Waals surface area contributed by atoms with E-state index in [0.717, 1.165) is 22.3 Å². The number of carbonyl (C=O) groups excluding carboxylic acids is 1. The zero-order valence-electron chi connectivity index (χ0n) is 16.1. The minimum atomic E-state index is -0.339. The number of benzene rings is 2.